The van der Waals surface area contributed by atoms with Gasteiger partial charge < -0.3 is 14.7 Å². The van der Waals surface area contributed by atoms with E-state index in [4.69, 9.17) is 4.74 Å². The molecule has 6 heteroatoms. The lowest BCUT2D eigenvalue weighted by molar-refractivity contribution is -0.140. The fourth-order valence-corrected chi connectivity index (χ4v) is 4.44. The minimum Gasteiger partial charge on any atom is -0.507 e. The van der Waals surface area contributed by atoms with E-state index in [-0.39, 0.29) is 17.9 Å². The molecule has 34 heavy (non-hydrogen) atoms. The number of nitrogens with zero attached hydrogens (tertiary/aromatic N) is 2. The lowest BCUT2D eigenvalue weighted by Crippen LogP contribution is -2.29. The van der Waals surface area contributed by atoms with Gasteiger partial charge in [-0.25, -0.2) is 0 Å². The molecule has 2 heterocycles. The van der Waals surface area contributed by atoms with Crippen LogP contribution in [0, 0.1) is 0 Å². The van der Waals surface area contributed by atoms with E-state index in [0.29, 0.717) is 16.9 Å². The first-order chi connectivity index (χ1) is 16.6. The third-order valence-electron chi connectivity index (χ3n) is 6.07. The molecule has 6 nitrogen and oxygen atoms in total. The molecule has 1 unspecified atom stereocenters. The molecule has 5 rings (SSSR count). The van der Waals surface area contributed by atoms with Crippen molar-refractivity contribution in [3.8, 4) is 5.75 Å². The molecular formula is C28H22N2O4. The molecule has 1 N–H and O–H groups in total. The third kappa shape index (κ3) is 3.69. The Morgan fingerprint density at radius 3 is 2.50 bits per heavy atom. The van der Waals surface area contributed by atoms with Crippen LogP contribution >= 0.6 is 0 Å². The summed E-state index contributed by atoms with van der Waals surface area (Å²) in [5.41, 5.74) is 1.90. The SMILES string of the molecule is COc1ccccc1C1/C(=C(\O)c2ccc3ccccc3c2)C(=O)C(=O)N1Cc1cccnc1. The van der Waals surface area contributed by atoms with Gasteiger partial charge in [-0.1, -0.05) is 60.7 Å². The van der Waals surface area contributed by atoms with Crippen molar-refractivity contribution < 1.29 is 19.4 Å². The number of carbonyl (C=O) groups excluding carboxylic acids is 2. The van der Waals surface area contributed by atoms with Crippen molar-refractivity contribution in [3.05, 3.63) is 114 Å². The van der Waals surface area contributed by atoms with Crippen molar-refractivity contribution in [2.75, 3.05) is 7.11 Å². The molecule has 0 bridgehead atoms. The van der Waals surface area contributed by atoms with Crippen LogP contribution in [0.4, 0.5) is 0 Å². The number of aliphatic hydroxyl groups is 1. The highest BCUT2D eigenvalue weighted by molar-refractivity contribution is 6.46. The quantitative estimate of drug-likeness (QED) is 0.267. The molecule has 0 radical (unpaired) electrons. The van der Waals surface area contributed by atoms with Crippen LogP contribution in [0.5, 0.6) is 5.75 Å². The highest BCUT2D eigenvalue weighted by Gasteiger charge is 2.47. The number of benzene rings is 3. The second-order valence-electron chi connectivity index (χ2n) is 8.09. The largest absolute Gasteiger partial charge is 0.507 e. The van der Waals surface area contributed by atoms with Crippen molar-refractivity contribution in [1.82, 2.24) is 9.88 Å². The standard InChI is InChI=1S/C28H22N2O4/c1-34-23-11-5-4-10-22(23)25-24(26(31)21-13-12-19-8-2-3-9-20(19)15-21)27(32)28(33)30(25)17-18-7-6-14-29-16-18/h2-16,25,31H,17H2,1H3/b26-24+. The van der Waals surface area contributed by atoms with E-state index >= 15 is 0 Å². The predicted molar refractivity (Wildman–Crippen MR) is 129 cm³/mol. The van der Waals surface area contributed by atoms with Crippen LogP contribution in [0.25, 0.3) is 16.5 Å². The number of pyridine rings is 1. The van der Waals surface area contributed by atoms with E-state index in [1.165, 1.54) is 12.0 Å². The minimum absolute atomic E-state index is 0.0358. The zero-order valence-corrected chi connectivity index (χ0v) is 18.5. The first-order valence-corrected chi connectivity index (χ1v) is 10.9. The molecule has 0 saturated carbocycles. The Bertz CT molecular complexity index is 1430. The highest BCUT2D eigenvalue weighted by Crippen LogP contribution is 2.43. The molecule has 0 aliphatic carbocycles. The summed E-state index contributed by atoms with van der Waals surface area (Å²) < 4.78 is 5.55. The number of aliphatic hydroxyl groups excluding tert-OH is 1. The maximum absolute atomic E-state index is 13.3. The predicted octanol–water partition coefficient (Wildman–Crippen LogP) is 4.87. The van der Waals surface area contributed by atoms with Crippen molar-refractivity contribution in [1.29, 1.82) is 0 Å². The van der Waals surface area contributed by atoms with Gasteiger partial charge in [0, 0.05) is 30.1 Å². The molecule has 1 saturated heterocycles. The first-order valence-electron chi connectivity index (χ1n) is 10.9. The summed E-state index contributed by atoms with van der Waals surface area (Å²) in [6.45, 7) is 0.162. The molecule has 1 fully saturated rings. The van der Waals surface area contributed by atoms with Gasteiger partial charge in [-0.2, -0.15) is 0 Å². The lowest BCUT2D eigenvalue weighted by Gasteiger charge is -2.26. The number of carbonyl (C=O) groups is 2. The van der Waals surface area contributed by atoms with Crippen molar-refractivity contribution in [3.63, 3.8) is 0 Å². The Kier molecular flexibility index (Phi) is 5.55. The van der Waals surface area contributed by atoms with Gasteiger partial charge in [0.05, 0.1) is 18.7 Å². The molecule has 0 spiro atoms. The number of para-hydroxylation sites is 1. The molecule has 1 amide bonds. The maximum Gasteiger partial charge on any atom is 0.295 e. The number of methoxy groups -OCH3 is 1. The van der Waals surface area contributed by atoms with Crippen LogP contribution in [0.15, 0.2) is 96.8 Å². The van der Waals surface area contributed by atoms with Gasteiger partial charge in [-0.3, -0.25) is 14.6 Å². The number of hydrogen-bond donors (Lipinski definition) is 1. The third-order valence-corrected chi connectivity index (χ3v) is 6.07. The van der Waals surface area contributed by atoms with Gasteiger partial charge in [0.25, 0.3) is 11.7 Å². The number of ether oxygens (including phenoxy) is 1. The van der Waals surface area contributed by atoms with Gasteiger partial charge in [0.1, 0.15) is 11.5 Å². The number of Topliss-reactive ketones (excluding diaryl/α,β-unsaturated/α-hetero) is 1. The van der Waals surface area contributed by atoms with Crippen LogP contribution in [0.1, 0.15) is 22.7 Å². The van der Waals surface area contributed by atoms with Crippen LogP contribution in [-0.4, -0.2) is 33.8 Å². The van der Waals surface area contributed by atoms with Crippen LogP contribution in [0.3, 0.4) is 0 Å². The number of amides is 1. The second-order valence-corrected chi connectivity index (χ2v) is 8.09. The highest BCUT2D eigenvalue weighted by atomic mass is 16.5. The summed E-state index contributed by atoms with van der Waals surface area (Å²) in [4.78, 5) is 32.1. The Labute approximate surface area is 196 Å². The Hall–Kier alpha value is -4.45. The van der Waals surface area contributed by atoms with Crippen molar-refractivity contribution >= 4 is 28.2 Å². The number of fused-ring (bicyclic) bond motifs is 1. The molecular weight excluding hydrogens is 428 g/mol. The van der Waals surface area contributed by atoms with E-state index in [1.807, 2.05) is 54.6 Å². The van der Waals surface area contributed by atoms with Crippen LogP contribution < -0.4 is 4.74 Å². The fraction of sp³-hybridized carbons (Fsp3) is 0.107. The average molecular weight is 450 g/mol. The second kappa shape index (κ2) is 8.83. The summed E-state index contributed by atoms with van der Waals surface area (Å²) >= 11 is 0. The van der Waals surface area contributed by atoms with Crippen molar-refractivity contribution in [2.24, 2.45) is 0 Å². The van der Waals surface area contributed by atoms with E-state index in [1.54, 1.807) is 36.7 Å². The van der Waals surface area contributed by atoms with Gasteiger partial charge in [-0.05, 0) is 34.5 Å². The van der Waals surface area contributed by atoms with Crippen LogP contribution in [0.2, 0.25) is 0 Å². The Morgan fingerprint density at radius 2 is 1.74 bits per heavy atom. The zero-order chi connectivity index (χ0) is 23.7. The Morgan fingerprint density at radius 1 is 0.971 bits per heavy atom. The molecule has 168 valence electrons. The number of hydrogen-bond acceptors (Lipinski definition) is 5. The number of rotatable bonds is 5. The monoisotopic (exact) mass is 450 g/mol. The topological polar surface area (TPSA) is 79.7 Å². The molecule has 1 atom stereocenters. The van der Waals surface area contributed by atoms with Crippen LogP contribution in [-0.2, 0) is 16.1 Å². The number of ketones is 1. The average Bonchev–Trinajstić information content (AvgIpc) is 3.13. The smallest absolute Gasteiger partial charge is 0.295 e. The molecule has 3 aromatic carbocycles. The van der Waals surface area contributed by atoms with Gasteiger partial charge >= 0.3 is 0 Å². The van der Waals surface area contributed by atoms with Gasteiger partial charge in [-0.15, -0.1) is 0 Å². The van der Waals surface area contributed by atoms with E-state index < -0.39 is 17.7 Å². The molecule has 1 aromatic heterocycles. The maximum atomic E-state index is 13.3. The van der Waals surface area contributed by atoms with Gasteiger partial charge in [0.15, 0.2) is 0 Å². The van der Waals surface area contributed by atoms with E-state index in [2.05, 4.69) is 4.98 Å². The first kappa shape index (κ1) is 21.4. The molecule has 4 aromatic rings. The summed E-state index contributed by atoms with van der Waals surface area (Å²) in [5.74, 6) is -1.10. The summed E-state index contributed by atoms with van der Waals surface area (Å²) in [6, 6.07) is 23.2. The normalized spacial score (nSPS) is 17.3. The number of likely N-dealkylation sites (tertiary alicyclic amines) is 1. The van der Waals surface area contributed by atoms with Crippen molar-refractivity contribution in [2.45, 2.75) is 12.6 Å². The summed E-state index contributed by atoms with van der Waals surface area (Å²) in [5, 5.41) is 13.3. The van der Waals surface area contributed by atoms with Gasteiger partial charge in [0.2, 0.25) is 0 Å². The lowest BCUT2D eigenvalue weighted by atomic mass is 9.94. The Balaban J connectivity index is 1.70. The molecule has 1 aliphatic heterocycles. The fourth-order valence-electron chi connectivity index (χ4n) is 4.44. The summed E-state index contributed by atoms with van der Waals surface area (Å²) in [6.07, 6.45) is 3.30. The van der Waals surface area contributed by atoms with E-state index in [0.717, 1.165) is 16.3 Å². The summed E-state index contributed by atoms with van der Waals surface area (Å²) in [7, 11) is 1.54. The zero-order valence-electron chi connectivity index (χ0n) is 18.5. The van der Waals surface area contributed by atoms with E-state index in [9.17, 15) is 14.7 Å². The molecule has 1 aliphatic rings. The minimum atomic E-state index is -0.817. The number of aromatic nitrogens is 1.